The highest BCUT2D eigenvalue weighted by atomic mass is 16.4. The third kappa shape index (κ3) is 1.64. The molecule has 12 heavy (non-hydrogen) atoms. The first-order valence-corrected chi connectivity index (χ1v) is 3.75. The van der Waals surface area contributed by atoms with Crippen LogP contribution in [0.3, 0.4) is 0 Å². The van der Waals surface area contributed by atoms with Crippen molar-refractivity contribution in [1.82, 2.24) is 0 Å². The van der Waals surface area contributed by atoms with E-state index in [1.807, 2.05) is 6.08 Å². The summed E-state index contributed by atoms with van der Waals surface area (Å²) in [4.78, 5) is 21.0. The Balaban J connectivity index is 2.71. The van der Waals surface area contributed by atoms with Gasteiger partial charge in [0, 0.05) is 5.92 Å². The summed E-state index contributed by atoms with van der Waals surface area (Å²) in [6.07, 6.45) is 4.90. The zero-order valence-corrected chi connectivity index (χ0v) is 6.43. The van der Waals surface area contributed by atoms with Crippen LogP contribution >= 0.6 is 0 Å². The van der Waals surface area contributed by atoms with Crippen molar-refractivity contribution in [3.05, 3.63) is 12.2 Å². The van der Waals surface area contributed by atoms with Crippen LogP contribution in [0.25, 0.3) is 0 Å². The lowest BCUT2D eigenvalue weighted by atomic mass is 9.92. The third-order valence-electron chi connectivity index (χ3n) is 2.01. The minimum atomic E-state index is -1.27. The molecule has 1 unspecified atom stereocenters. The summed E-state index contributed by atoms with van der Waals surface area (Å²) in [7, 11) is 0. The van der Waals surface area contributed by atoms with Gasteiger partial charge in [0.2, 0.25) is 0 Å². The van der Waals surface area contributed by atoms with E-state index in [1.54, 1.807) is 6.08 Å². The normalized spacial score (nSPS) is 21.6. The highest BCUT2D eigenvalue weighted by Gasteiger charge is 2.34. The lowest BCUT2D eigenvalue weighted by molar-refractivity contribution is -0.156. The Hall–Kier alpha value is -1.32. The van der Waals surface area contributed by atoms with Gasteiger partial charge in [0.15, 0.2) is 5.92 Å². The maximum Gasteiger partial charge on any atom is 0.318 e. The molecule has 0 radical (unpaired) electrons. The molecule has 2 N–H and O–H groups in total. The van der Waals surface area contributed by atoms with Crippen LogP contribution in [-0.4, -0.2) is 22.2 Å². The number of aliphatic carboxylic acids is 2. The van der Waals surface area contributed by atoms with Gasteiger partial charge in [0.1, 0.15) is 0 Å². The van der Waals surface area contributed by atoms with E-state index in [0.717, 1.165) is 6.42 Å². The van der Waals surface area contributed by atoms with Crippen LogP contribution in [0, 0.1) is 11.8 Å². The summed E-state index contributed by atoms with van der Waals surface area (Å²) in [5.74, 6) is -4.11. The van der Waals surface area contributed by atoms with E-state index in [9.17, 15) is 9.59 Å². The molecule has 0 aromatic heterocycles. The lowest BCUT2D eigenvalue weighted by Crippen LogP contribution is -2.29. The molecule has 1 rings (SSSR count). The van der Waals surface area contributed by atoms with E-state index in [-0.39, 0.29) is 5.92 Å². The molecule has 4 heteroatoms. The Morgan fingerprint density at radius 1 is 1.33 bits per heavy atom. The van der Waals surface area contributed by atoms with Crippen molar-refractivity contribution in [3.63, 3.8) is 0 Å². The Labute approximate surface area is 69.5 Å². The first kappa shape index (κ1) is 8.77. The van der Waals surface area contributed by atoms with Crippen LogP contribution in [0.4, 0.5) is 0 Å². The first-order chi connectivity index (χ1) is 5.63. The molecule has 0 saturated heterocycles. The number of allylic oxidation sites excluding steroid dienone is 2. The van der Waals surface area contributed by atoms with Crippen molar-refractivity contribution in [3.8, 4) is 0 Å². The van der Waals surface area contributed by atoms with Gasteiger partial charge >= 0.3 is 11.9 Å². The number of carboxylic acid groups (broad SMARTS) is 2. The highest BCUT2D eigenvalue weighted by molar-refractivity contribution is 5.93. The van der Waals surface area contributed by atoms with Crippen molar-refractivity contribution in [2.75, 3.05) is 0 Å². The quantitative estimate of drug-likeness (QED) is 0.484. The van der Waals surface area contributed by atoms with Gasteiger partial charge in [-0.15, -0.1) is 0 Å². The van der Waals surface area contributed by atoms with Gasteiger partial charge in [0.25, 0.3) is 0 Å². The Bertz CT molecular complexity index is 217. The SMILES string of the molecule is O=C(O)C(C(=O)O)C1C=CCC1. The van der Waals surface area contributed by atoms with Gasteiger partial charge in [-0.05, 0) is 12.8 Å². The van der Waals surface area contributed by atoms with Crippen LogP contribution in [-0.2, 0) is 9.59 Å². The fraction of sp³-hybridized carbons (Fsp3) is 0.500. The van der Waals surface area contributed by atoms with Gasteiger partial charge in [-0.3, -0.25) is 9.59 Å². The zero-order valence-electron chi connectivity index (χ0n) is 6.43. The molecule has 0 aromatic carbocycles. The van der Waals surface area contributed by atoms with Crippen LogP contribution in [0.2, 0.25) is 0 Å². The molecular weight excluding hydrogens is 160 g/mol. The minimum Gasteiger partial charge on any atom is -0.481 e. The topological polar surface area (TPSA) is 74.6 Å². The average molecular weight is 170 g/mol. The molecule has 0 aromatic rings. The van der Waals surface area contributed by atoms with Gasteiger partial charge in [-0.2, -0.15) is 0 Å². The predicted octanol–water partition coefficient (Wildman–Crippen LogP) is 0.738. The number of hydrogen-bond donors (Lipinski definition) is 2. The maximum absolute atomic E-state index is 10.5. The molecule has 0 aliphatic heterocycles. The molecule has 1 aliphatic rings. The molecule has 0 spiro atoms. The molecule has 1 atom stereocenters. The number of carbonyl (C=O) groups is 2. The van der Waals surface area contributed by atoms with Crippen LogP contribution in [0.15, 0.2) is 12.2 Å². The molecule has 0 saturated carbocycles. The highest BCUT2D eigenvalue weighted by Crippen LogP contribution is 2.25. The minimum absolute atomic E-state index is 0.333. The summed E-state index contributed by atoms with van der Waals surface area (Å²) < 4.78 is 0. The van der Waals surface area contributed by atoms with Gasteiger partial charge < -0.3 is 10.2 Å². The largest absolute Gasteiger partial charge is 0.481 e. The molecular formula is C8H10O4. The van der Waals surface area contributed by atoms with Gasteiger partial charge in [-0.25, -0.2) is 0 Å². The van der Waals surface area contributed by atoms with Gasteiger partial charge in [-0.1, -0.05) is 12.2 Å². The molecule has 4 nitrogen and oxygen atoms in total. The predicted molar refractivity (Wildman–Crippen MR) is 40.6 cm³/mol. The third-order valence-corrected chi connectivity index (χ3v) is 2.01. The number of carboxylic acids is 2. The second-order valence-corrected chi connectivity index (χ2v) is 2.82. The summed E-state index contributed by atoms with van der Waals surface area (Å²) in [6.45, 7) is 0. The van der Waals surface area contributed by atoms with Crippen LogP contribution in [0.5, 0.6) is 0 Å². The second-order valence-electron chi connectivity index (χ2n) is 2.82. The number of hydrogen-bond acceptors (Lipinski definition) is 2. The lowest BCUT2D eigenvalue weighted by Gasteiger charge is -2.12. The average Bonchev–Trinajstić information content (AvgIpc) is 2.37. The molecule has 1 aliphatic carbocycles. The molecule has 0 amide bonds. The number of rotatable bonds is 3. The first-order valence-electron chi connectivity index (χ1n) is 3.75. The van der Waals surface area contributed by atoms with E-state index >= 15 is 0 Å². The Kier molecular flexibility index (Phi) is 2.47. The van der Waals surface area contributed by atoms with Crippen molar-refractivity contribution in [1.29, 1.82) is 0 Å². The standard InChI is InChI=1S/C8H10O4/c9-7(10)6(8(11)12)5-3-1-2-4-5/h1,3,5-6H,2,4H2,(H,9,10)(H,11,12). The summed E-state index contributed by atoms with van der Waals surface area (Å²) in [6, 6.07) is 0. The second kappa shape index (κ2) is 3.38. The summed E-state index contributed by atoms with van der Waals surface area (Å²) in [5.41, 5.74) is 0. The van der Waals surface area contributed by atoms with Crippen molar-refractivity contribution >= 4 is 11.9 Å². The summed E-state index contributed by atoms with van der Waals surface area (Å²) >= 11 is 0. The fourth-order valence-electron chi connectivity index (χ4n) is 1.41. The van der Waals surface area contributed by atoms with E-state index < -0.39 is 17.9 Å². The molecule has 0 heterocycles. The zero-order chi connectivity index (χ0) is 9.14. The van der Waals surface area contributed by atoms with E-state index in [4.69, 9.17) is 10.2 Å². The fourth-order valence-corrected chi connectivity index (χ4v) is 1.41. The molecule has 66 valence electrons. The van der Waals surface area contributed by atoms with Crippen LogP contribution in [0.1, 0.15) is 12.8 Å². The Morgan fingerprint density at radius 3 is 2.25 bits per heavy atom. The van der Waals surface area contributed by atoms with Gasteiger partial charge in [0.05, 0.1) is 0 Å². The van der Waals surface area contributed by atoms with Crippen molar-refractivity contribution in [2.45, 2.75) is 12.8 Å². The Morgan fingerprint density at radius 2 is 1.92 bits per heavy atom. The maximum atomic E-state index is 10.5. The summed E-state index contributed by atoms with van der Waals surface area (Å²) in [5, 5.41) is 17.2. The van der Waals surface area contributed by atoms with Crippen LogP contribution < -0.4 is 0 Å². The van der Waals surface area contributed by atoms with Crippen molar-refractivity contribution in [2.24, 2.45) is 11.8 Å². The van der Waals surface area contributed by atoms with E-state index in [0.29, 0.717) is 6.42 Å². The smallest absolute Gasteiger partial charge is 0.318 e. The molecule has 0 fully saturated rings. The van der Waals surface area contributed by atoms with Crippen molar-refractivity contribution < 1.29 is 19.8 Å². The molecule has 0 bridgehead atoms. The monoisotopic (exact) mass is 170 g/mol. The van der Waals surface area contributed by atoms with E-state index in [1.165, 1.54) is 0 Å². The van der Waals surface area contributed by atoms with E-state index in [2.05, 4.69) is 0 Å².